The van der Waals surface area contributed by atoms with Crippen LogP contribution in [0.4, 0.5) is 18.3 Å². The summed E-state index contributed by atoms with van der Waals surface area (Å²) >= 11 is 0.372. The van der Waals surface area contributed by atoms with Crippen molar-refractivity contribution in [2.24, 2.45) is 0 Å². The van der Waals surface area contributed by atoms with Gasteiger partial charge in [-0.05, 0) is 13.8 Å². The number of hydrogen-bond acceptors (Lipinski definition) is 6. The minimum atomic E-state index is -4.87. The van der Waals surface area contributed by atoms with E-state index in [1.165, 1.54) is 6.92 Å². The van der Waals surface area contributed by atoms with Crippen LogP contribution < -0.4 is 5.32 Å². The molecule has 0 aliphatic rings. The van der Waals surface area contributed by atoms with Crippen molar-refractivity contribution >= 4 is 34.1 Å². The molecule has 28 heavy (non-hydrogen) atoms. The van der Waals surface area contributed by atoms with Gasteiger partial charge in [0.1, 0.15) is 4.88 Å². The fraction of sp³-hybridized carbons (Fsp3) is 0.333. The molecule has 0 aliphatic carbocycles. The van der Waals surface area contributed by atoms with Crippen molar-refractivity contribution < 1.29 is 32.3 Å². The van der Waals surface area contributed by atoms with Crippen LogP contribution in [0.2, 0.25) is 0 Å². The second-order valence-electron chi connectivity index (χ2n) is 5.75. The maximum Gasteiger partial charge on any atom is 0.435 e. The highest BCUT2D eigenvalue weighted by molar-refractivity contribution is 7.17. The summed E-state index contributed by atoms with van der Waals surface area (Å²) in [7, 11) is 0. The predicted molar refractivity (Wildman–Crippen MR) is 96.4 cm³/mol. The first-order valence-electron chi connectivity index (χ1n) is 8.26. The number of halogens is 3. The first kappa shape index (κ1) is 21.5. The molecule has 0 saturated heterocycles. The molecule has 0 aliphatic heterocycles. The normalized spacial score (nSPS) is 11.2. The number of rotatable bonds is 7. The lowest BCUT2D eigenvalue weighted by molar-refractivity contribution is -0.141. The largest absolute Gasteiger partial charge is 0.462 e. The van der Waals surface area contributed by atoms with E-state index in [1.54, 1.807) is 24.3 Å². The van der Waals surface area contributed by atoms with E-state index in [0.29, 0.717) is 16.9 Å². The molecule has 0 fully saturated rings. The topological polar surface area (TPSA) is 85.4 Å². The van der Waals surface area contributed by atoms with Gasteiger partial charge in [0.25, 0.3) is 0 Å². The quantitative estimate of drug-likeness (QED) is 0.541. The number of anilines is 1. The smallest absolute Gasteiger partial charge is 0.435 e. The number of esters is 1. The van der Waals surface area contributed by atoms with E-state index < -0.39 is 28.6 Å². The molecule has 0 spiro atoms. The summed E-state index contributed by atoms with van der Waals surface area (Å²) < 4.78 is 43.7. The first-order chi connectivity index (χ1) is 13.1. The molecule has 0 bridgehead atoms. The van der Waals surface area contributed by atoms with Crippen LogP contribution in [0.15, 0.2) is 24.3 Å². The van der Waals surface area contributed by atoms with E-state index in [2.05, 4.69) is 15.0 Å². The van der Waals surface area contributed by atoms with Gasteiger partial charge in [0.15, 0.2) is 16.6 Å². The van der Waals surface area contributed by atoms with Crippen molar-refractivity contribution in [2.45, 2.75) is 32.9 Å². The zero-order chi connectivity index (χ0) is 20.9. The van der Waals surface area contributed by atoms with Crippen LogP contribution in [0, 0.1) is 6.92 Å². The van der Waals surface area contributed by atoms with E-state index in [4.69, 9.17) is 0 Å². The van der Waals surface area contributed by atoms with Gasteiger partial charge in [-0.25, -0.2) is 9.78 Å². The molecule has 1 aromatic heterocycles. The van der Waals surface area contributed by atoms with Gasteiger partial charge in [0, 0.05) is 18.4 Å². The fourth-order valence-electron chi connectivity index (χ4n) is 2.19. The number of aromatic nitrogens is 1. The molecule has 0 saturated carbocycles. The summed E-state index contributed by atoms with van der Waals surface area (Å²) in [5, 5.41) is 1.81. The van der Waals surface area contributed by atoms with Gasteiger partial charge >= 0.3 is 12.1 Å². The Morgan fingerprint density at radius 2 is 1.79 bits per heavy atom. The van der Waals surface area contributed by atoms with Crippen LogP contribution >= 0.6 is 11.3 Å². The molecule has 1 aromatic carbocycles. The summed E-state index contributed by atoms with van der Waals surface area (Å²) in [5.41, 5.74) is 0.00882. The zero-order valence-electron chi connectivity index (χ0n) is 15.1. The third-order valence-electron chi connectivity index (χ3n) is 3.56. The van der Waals surface area contributed by atoms with Gasteiger partial charge in [-0.15, -0.1) is 0 Å². The van der Waals surface area contributed by atoms with Gasteiger partial charge in [0.05, 0.1) is 6.61 Å². The summed E-state index contributed by atoms with van der Waals surface area (Å²) in [6, 6.07) is 6.80. The molecular weight excluding hydrogens is 397 g/mol. The van der Waals surface area contributed by atoms with Crippen LogP contribution in [-0.2, 0) is 15.7 Å². The number of carbonyl (C=O) groups excluding carboxylic acids is 3. The van der Waals surface area contributed by atoms with Crippen molar-refractivity contribution in [2.75, 3.05) is 11.9 Å². The number of benzene rings is 1. The van der Waals surface area contributed by atoms with Gasteiger partial charge in [-0.2, -0.15) is 13.2 Å². The third-order valence-corrected chi connectivity index (χ3v) is 4.51. The minimum absolute atomic E-state index is 0.100. The Balaban J connectivity index is 2.04. The third kappa shape index (κ3) is 5.62. The highest BCUT2D eigenvalue weighted by atomic mass is 32.1. The van der Waals surface area contributed by atoms with Crippen LogP contribution in [0.1, 0.15) is 51.1 Å². The van der Waals surface area contributed by atoms with Crippen LogP contribution in [-0.4, -0.2) is 29.3 Å². The fourth-order valence-corrected chi connectivity index (χ4v) is 3.09. The van der Waals surface area contributed by atoms with E-state index in [1.807, 2.05) is 6.92 Å². The number of amides is 1. The molecule has 0 atom stereocenters. The molecule has 0 unspecified atom stereocenters. The lowest BCUT2D eigenvalue weighted by Crippen LogP contribution is -2.15. The number of ether oxygens (including phenoxy) is 1. The molecule has 2 aromatic rings. The van der Waals surface area contributed by atoms with Gasteiger partial charge in [-0.3, -0.25) is 9.59 Å². The standard InChI is InChI=1S/C18H17F3N2O4S/c1-3-27-16(26)14-15(18(19,20)21)23-17(28-14)22-13(25)9-8-12(24)11-6-4-10(2)5-7-11/h4-7H,3,8-9H2,1-2H3,(H,22,23,25). The molecular formula is C18H17F3N2O4S. The second-order valence-corrected chi connectivity index (χ2v) is 6.75. The summed E-state index contributed by atoms with van der Waals surface area (Å²) in [4.78, 5) is 38.3. The molecule has 1 heterocycles. The second kappa shape index (κ2) is 8.96. The number of aryl methyl sites for hydroxylation is 1. The Kier molecular flexibility index (Phi) is 6.90. The number of nitrogens with zero attached hydrogens (tertiary/aromatic N) is 1. The molecule has 1 amide bonds. The van der Waals surface area contributed by atoms with E-state index in [0.717, 1.165) is 5.56 Å². The Bertz CT molecular complexity index is 876. The van der Waals surface area contributed by atoms with E-state index >= 15 is 0 Å². The Morgan fingerprint density at radius 1 is 1.14 bits per heavy atom. The highest BCUT2D eigenvalue weighted by Crippen LogP contribution is 2.36. The zero-order valence-corrected chi connectivity index (χ0v) is 15.9. The monoisotopic (exact) mass is 414 g/mol. The molecule has 150 valence electrons. The van der Waals surface area contributed by atoms with Crippen molar-refractivity contribution in [1.29, 1.82) is 0 Å². The summed E-state index contributed by atoms with van der Waals surface area (Å²) in [6.07, 6.45) is -5.22. The van der Waals surface area contributed by atoms with Crippen molar-refractivity contribution in [3.8, 4) is 0 Å². The van der Waals surface area contributed by atoms with Crippen LogP contribution in [0.5, 0.6) is 0 Å². The van der Waals surface area contributed by atoms with Crippen LogP contribution in [0.25, 0.3) is 0 Å². The average Bonchev–Trinajstić information content (AvgIpc) is 3.05. The number of ketones is 1. The molecule has 1 N–H and O–H groups in total. The summed E-state index contributed by atoms with van der Waals surface area (Å²) in [6.45, 7) is 3.23. The number of nitrogens with one attached hydrogen (secondary N) is 1. The molecule has 6 nitrogen and oxygen atoms in total. The Morgan fingerprint density at radius 3 is 2.36 bits per heavy atom. The number of Topliss-reactive ketones (excluding diaryl/α,β-unsaturated/α-hetero) is 1. The summed E-state index contributed by atoms with van der Waals surface area (Å²) in [5.74, 6) is -2.11. The van der Waals surface area contributed by atoms with Crippen molar-refractivity contribution in [3.63, 3.8) is 0 Å². The number of alkyl halides is 3. The molecule has 10 heteroatoms. The SMILES string of the molecule is CCOC(=O)c1sc(NC(=O)CCC(=O)c2ccc(C)cc2)nc1C(F)(F)F. The average molecular weight is 414 g/mol. The first-order valence-corrected chi connectivity index (χ1v) is 9.08. The Labute approximate surface area is 162 Å². The van der Waals surface area contributed by atoms with Crippen molar-refractivity contribution in [3.05, 3.63) is 46.0 Å². The van der Waals surface area contributed by atoms with Gasteiger partial charge in [-0.1, -0.05) is 41.2 Å². The maximum absolute atomic E-state index is 13.0. The highest BCUT2D eigenvalue weighted by Gasteiger charge is 2.40. The molecule has 2 rings (SSSR count). The van der Waals surface area contributed by atoms with Crippen LogP contribution in [0.3, 0.4) is 0 Å². The lowest BCUT2D eigenvalue weighted by Gasteiger charge is -2.05. The maximum atomic E-state index is 13.0. The number of hydrogen-bond donors (Lipinski definition) is 1. The van der Waals surface area contributed by atoms with E-state index in [9.17, 15) is 27.6 Å². The minimum Gasteiger partial charge on any atom is -0.462 e. The predicted octanol–water partition coefficient (Wildman–Crippen LogP) is 4.25. The number of carbonyl (C=O) groups is 3. The Hall–Kier alpha value is -2.75. The van der Waals surface area contributed by atoms with Crippen molar-refractivity contribution in [1.82, 2.24) is 4.98 Å². The molecule has 0 radical (unpaired) electrons. The van der Waals surface area contributed by atoms with Gasteiger partial charge in [0.2, 0.25) is 5.91 Å². The van der Waals surface area contributed by atoms with E-state index in [-0.39, 0.29) is 30.4 Å². The lowest BCUT2D eigenvalue weighted by atomic mass is 10.1. The number of thiazole rings is 1. The van der Waals surface area contributed by atoms with Gasteiger partial charge < -0.3 is 10.1 Å².